The first-order valence-corrected chi connectivity index (χ1v) is 2.95. The van der Waals surface area contributed by atoms with Gasteiger partial charge in [0.25, 0.3) is 5.97 Å². The summed E-state index contributed by atoms with van der Waals surface area (Å²) in [5.74, 6) is -0.833. The smallest absolute Gasteiger partial charge is 0.300 e. The molecule has 0 amide bonds. The van der Waals surface area contributed by atoms with E-state index in [0.29, 0.717) is 6.61 Å². The van der Waals surface area contributed by atoms with Crippen LogP contribution in [0.3, 0.4) is 0 Å². The van der Waals surface area contributed by atoms with Crippen molar-refractivity contribution in [2.45, 2.75) is 26.7 Å². The van der Waals surface area contributed by atoms with Gasteiger partial charge in [-0.25, -0.2) is 0 Å². The molecule has 2 N–H and O–H groups in total. The third-order valence-corrected chi connectivity index (χ3v) is 0.512. The Hall–Kier alpha value is -0.0635. The molecular formula is C6H14CoO3. The summed E-state index contributed by atoms with van der Waals surface area (Å²) in [4.78, 5) is 9.00. The zero-order valence-corrected chi connectivity index (χ0v) is 7.30. The molecule has 3 nitrogen and oxygen atoms in total. The van der Waals surface area contributed by atoms with Gasteiger partial charge in [0, 0.05) is 30.3 Å². The molecule has 0 aromatic carbocycles. The minimum absolute atomic E-state index is 0. The topological polar surface area (TPSA) is 57.5 Å². The number of aliphatic hydroxyl groups is 1. The predicted molar refractivity (Wildman–Crippen MR) is 35.3 cm³/mol. The summed E-state index contributed by atoms with van der Waals surface area (Å²) >= 11 is 0. The molecule has 0 atom stereocenters. The van der Waals surface area contributed by atoms with Crippen molar-refractivity contribution in [3.63, 3.8) is 0 Å². The van der Waals surface area contributed by atoms with Crippen LogP contribution in [-0.4, -0.2) is 22.8 Å². The van der Waals surface area contributed by atoms with Crippen molar-refractivity contribution in [2.75, 3.05) is 6.61 Å². The fraction of sp³-hybridized carbons (Fsp3) is 0.833. The normalized spacial score (nSPS) is 6.70. The first kappa shape index (κ1) is 16.5. The monoisotopic (exact) mass is 193 g/mol. The van der Waals surface area contributed by atoms with E-state index in [4.69, 9.17) is 15.0 Å². The number of carboxylic acid groups (broad SMARTS) is 1. The molecule has 0 saturated heterocycles. The van der Waals surface area contributed by atoms with Crippen LogP contribution in [0.5, 0.6) is 0 Å². The molecule has 0 aliphatic rings. The molecule has 0 aromatic heterocycles. The first-order chi connectivity index (χ1) is 4.15. The molecular weight excluding hydrogens is 179 g/mol. The maximum absolute atomic E-state index is 9.00. The Bertz CT molecular complexity index is 60.0. The molecule has 65 valence electrons. The van der Waals surface area contributed by atoms with Crippen LogP contribution in [-0.2, 0) is 21.6 Å². The largest absolute Gasteiger partial charge is 0.481 e. The van der Waals surface area contributed by atoms with Crippen molar-refractivity contribution in [2.24, 2.45) is 0 Å². The van der Waals surface area contributed by atoms with E-state index in [2.05, 4.69) is 6.92 Å². The Kier molecular flexibility index (Phi) is 26.3. The van der Waals surface area contributed by atoms with Crippen LogP contribution in [0, 0.1) is 0 Å². The molecule has 0 aliphatic carbocycles. The van der Waals surface area contributed by atoms with Crippen LogP contribution in [0.4, 0.5) is 0 Å². The average Bonchev–Trinajstić information content (AvgIpc) is 1.66. The van der Waals surface area contributed by atoms with Crippen LogP contribution in [0.25, 0.3) is 0 Å². The molecule has 0 fully saturated rings. The quantitative estimate of drug-likeness (QED) is 0.684. The van der Waals surface area contributed by atoms with E-state index in [1.54, 1.807) is 0 Å². The van der Waals surface area contributed by atoms with Gasteiger partial charge >= 0.3 is 0 Å². The van der Waals surface area contributed by atoms with E-state index < -0.39 is 5.97 Å². The number of aliphatic hydroxyl groups excluding tert-OH is 1. The summed E-state index contributed by atoms with van der Waals surface area (Å²) in [6, 6.07) is 0. The summed E-state index contributed by atoms with van der Waals surface area (Å²) in [5.41, 5.74) is 0. The summed E-state index contributed by atoms with van der Waals surface area (Å²) in [7, 11) is 0. The second kappa shape index (κ2) is 16.0. The van der Waals surface area contributed by atoms with Gasteiger partial charge in [-0.05, 0) is 6.42 Å². The third kappa shape index (κ3) is 102. The molecule has 0 spiro atoms. The summed E-state index contributed by atoms with van der Waals surface area (Å²) in [5, 5.41) is 15.5. The molecule has 0 aromatic rings. The molecule has 0 saturated carbocycles. The van der Waals surface area contributed by atoms with Gasteiger partial charge in [-0.3, -0.25) is 4.79 Å². The summed E-state index contributed by atoms with van der Waals surface area (Å²) in [6.07, 6.45) is 2.04. The van der Waals surface area contributed by atoms with Crippen molar-refractivity contribution >= 4 is 5.97 Å². The SMILES string of the molecule is CC(=O)O.CCCCO.[Co]. The number of aliphatic carboxylic acids is 1. The Balaban J connectivity index is -0.0000000910. The second-order valence-corrected chi connectivity index (χ2v) is 1.60. The van der Waals surface area contributed by atoms with Crippen LogP contribution in [0.2, 0.25) is 0 Å². The van der Waals surface area contributed by atoms with E-state index in [0.717, 1.165) is 19.8 Å². The fourth-order valence-electron chi connectivity index (χ4n) is 0.158. The fourth-order valence-corrected chi connectivity index (χ4v) is 0.158. The predicted octanol–water partition coefficient (Wildman–Crippen LogP) is 0.867. The van der Waals surface area contributed by atoms with E-state index in [9.17, 15) is 0 Å². The maximum Gasteiger partial charge on any atom is 0.300 e. The Morgan fingerprint density at radius 2 is 1.80 bits per heavy atom. The molecule has 10 heavy (non-hydrogen) atoms. The number of rotatable bonds is 2. The standard InChI is InChI=1S/C4H10O.C2H4O2.Co/c1-2-3-4-5;1-2(3)4;/h5H,2-4H2,1H3;1H3,(H,3,4);. The molecule has 0 rings (SSSR count). The van der Waals surface area contributed by atoms with Gasteiger partial charge in [-0.2, -0.15) is 0 Å². The summed E-state index contributed by atoms with van der Waals surface area (Å²) < 4.78 is 0. The molecule has 0 heterocycles. The van der Waals surface area contributed by atoms with Crippen LogP contribution >= 0.6 is 0 Å². The number of hydrogen-bond acceptors (Lipinski definition) is 2. The molecule has 0 bridgehead atoms. The first-order valence-electron chi connectivity index (χ1n) is 2.95. The Morgan fingerprint density at radius 3 is 1.80 bits per heavy atom. The second-order valence-electron chi connectivity index (χ2n) is 1.60. The molecule has 1 radical (unpaired) electrons. The summed E-state index contributed by atoms with van der Waals surface area (Å²) in [6.45, 7) is 3.48. The minimum atomic E-state index is -0.833. The van der Waals surface area contributed by atoms with Gasteiger partial charge in [0.1, 0.15) is 0 Å². The third-order valence-electron chi connectivity index (χ3n) is 0.512. The van der Waals surface area contributed by atoms with Gasteiger partial charge in [0.2, 0.25) is 0 Å². The van der Waals surface area contributed by atoms with Crippen LogP contribution in [0.1, 0.15) is 26.7 Å². The molecule has 0 aliphatic heterocycles. The number of hydrogen-bond donors (Lipinski definition) is 2. The van der Waals surface area contributed by atoms with E-state index >= 15 is 0 Å². The van der Waals surface area contributed by atoms with Crippen molar-refractivity contribution in [1.29, 1.82) is 0 Å². The Morgan fingerprint density at radius 1 is 1.50 bits per heavy atom. The van der Waals surface area contributed by atoms with Gasteiger partial charge in [-0.15, -0.1) is 0 Å². The average molecular weight is 193 g/mol. The van der Waals surface area contributed by atoms with Gasteiger partial charge in [0.05, 0.1) is 0 Å². The van der Waals surface area contributed by atoms with Crippen molar-refractivity contribution < 1.29 is 31.8 Å². The zero-order valence-electron chi connectivity index (χ0n) is 6.26. The Labute approximate surface area is 71.6 Å². The van der Waals surface area contributed by atoms with Crippen LogP contribution < -0.4 is 0 Å². The van der Waals surface area contributed by atoms with Crippen molar-refractivity contribution in [3.8, 4) is 0 Å². The van der Waals surface area contributed by atoms with Gasteiger partial charge < -0.3 is 10.2 Å². The number of carboxylic acids is 1. The van der Waals surface area contributed by atoms with Gasteiger partial charge in [-0.1, -0.05) is 13.3 Å². The zero-order chi connectivity index (χ0) is 7.70. The number of unbranched alkanes of at least 4 members (excludes halogenated alkanes) is 1. The van der Waals surface area contributed by atoms with E-state index in [1.807, 2.05) is 0 Å². The number of carbonyl (C=O) groups is 1. The van der Waals surface area contributed by atoms with Crippen molar-refractivity contribution in [1.82, 2.24) is 0 Å². The minimum Gasteiger partial charge on any atom is -0.481 e. The van der Waals surface area contributed by atoms with E-state index in [-0.39, 0.29) is 16.8 Å². The van der Waals surface area contributed by atoms with Crippen molar-refractivity contribution in [3.05, 3.63) is 0 Å². The van der Waals surface area contributed by atoms with E-state index in [1.165, 1.54) is 0 Å². The maximum atomic E-state index is 9.00. The van der Waals surface area contributed by atoms with Gasteiger partial charge in [0.15, 0.2) is 0 Å². The van der Waals surface area contributed by atoms with Crippen LogP contribution in [0.15, 0.2) is 0 Å². The molecule has 0 unspecified atom stereocenters. The molecule has 4 heteroatoms.